The van der Waals surface area contributed by atoms with Gasteiger partial charge in [-0.3, -0.25) is 0 Å². The molecule has 2 aliphatic carbocycles. The normalized spacial score (nSPS) is 23.2. The Hall–Kier alpha value is -1.59. The minimum atomic E-state index is 0.439. The number of halogens is 1. The summed E-state index contributed by atoms with van der Waals surface area (Å²) in [4.78, 5) is 11.4. The van der Waals surface area contributed by atoms with Crippen LogP contribution in [0.5, 0.6) is 0 Å². The summed E-state index contributed by atoms with van der Waals surface area (Å²) < 4.78 is 1.16. The van der Waals surface area contributed by atoms with Crippen molar-refractivity contribution in [2.75, 3.05) is 0 Å². The molecule has 0 saturated carbocycles. The maximum atomic E-state index is 4.42. The minimum absolute atomic E-state index is 0.439. The summed E-state index contributed by atoms with van der Waals surface area (Å²) in [7, 11) is 0. The molecule has 124 valence electrons. The fourth-order valence-electron chi connectivity index (χ4n) is 4.43. The van der Waals surface area contributed by atoms with Gasteiger partial charge >= 0.3 is 0 Å². The molecule has 0 aliphatic heterocycles. The zero-order valence-electron chi connectivity index (χ0n) is 13.5. The fraction of sp³-hybridized carbons (Fsp3) is 0.421. The average molecular weight is 385 g/mol. The molecule has 3 N–H and O–H groups in total. The molecule has 2 atom stereocenters. The van der Waals surface area contributed by atoms with Crippen LogP contribution in [0.3, 0.4) is 0 Å². The van der Waals surface area contributed by atoms with Crippen molar-refractivity contribution in [1.82, 2.24) is 20.3 Å². The van der Waals surface area contributed by atoms with E-state index in [1.165, 1.54) is 59.2 Å². The van der Waals surface area contributed by atoms with Gasteiger partial charge < -0.3 is 15.3 Å². The second kappa shape index (κ2) is 5.74. The Morgan fingerprint density at radius 1 is 1.21 bits per heavy atom. The van der Waals surface area contributed by atoms with Crippen LogP contribution in [-0.2, 0) is 19.3 Å². The molecule has 0 saturated heterocycles. The van der Waals surface area contributed by atoms with Gasteiger partial charge in [-0.05, 0) is 55.9 Å². The molecule has 1 aromatic carbocycles. The van der Waals surface area contributed by atoms with E-state index in [0.29, 0.717) is 12.1 Å². The molecule has 0 spiro atoms. The van der Waals surface area contributed by atoms with Gasteiger partial charge in [-0.1, -0.05) is 15.9 Å². The van der Waals surface area contributed by atoms with Gasteiger partial charge in [-0.15, -0.1) is 0 Å². The van der Waals surface area contributed by atoms with E-state index in [-0.39, 0.29) is 0 Å². The van der Waals surface area contributed by atoms with E-state index in [9.17, 15) is 0 Å². The number of imidazole rings is 1. The van der Waals surface area contributed by atoms with Gasteiger partial charge in [-0.25, -0.2) is 4.98 Å². The Bertz CT molecular complexity index is 894. The molecular weight excluding hydrogens is 364 g/mol. The zero-order chi connectivity index (χ0) is 16.1. The summed E-state index contributed by atoms with van der Waals surface area (Å²) in [6.45, 7) is 0. The average Bonchev–Trinajstić information content (AvgIpc) is 3.19. The largest absolute Gasteiger partial charge is 0.357 e. The van der Waals surface area contributed by atoms with Crippen molar-refractivity contribution in [1.29, 1.82) is 0 Å². The minimum Gasteiger partial charge on any atom is -0.357 e. The highest BCUT2D eigenvalue weighted by Crippen LogP contribution is 2.36. The molecule has 2 aliphatic rings. The maximum absolute atomic E-state index is 4.42. The van der Waals surface area contributed by atoms with E-state index in [1.807, 2.05) is 6.33 Å². The summed E-state index contributed by atoms with van der Waals surface area (Å²) in [5, 5.41) is 5.31. The Balaban J connectivity index is 1.44. The summed E-state index contributed by atoms with van der Waals surface area (Å²) in [6.07, 6.45) is 8.80. The number of benzene rings is 1. The van der Waals surface area contributed by atoms with Gasteiger partial charge in [-0.2, -0.15) is 0 Å². The third-order valence-corrected chi connectivity index (χ3v) is 6.09. The lowest BCUT2D eigenvalue weighted by Crippen LogP contribution is -2.38. The Morgan fingerprint density at radius 3 is 3.12 bits per heavy atom. The van der Waals surface area contributed by atoms with Crippen molar-refractivity contribution >= 4 is 26.8 Å². The van der Waals surface area contributed by atoms with Crippen LogP contribution in [0.15, 0.2) is 29.0 Å². The first kappa shape index (κ1) is 14.7. The van der Waals surface area contributed by atoms with Crippen molar-refractivity contribution in [3.8, 4) is 0 Å². The monoisotopic (exact) mass is 384 g/mol. The Morgan fingerprint density at radius 2 is 2.17 bits per heavy atom. The number of nitrogens with zero attached hydrogens (tertiary/aromatic N) is 1. The van der Waals surface area contributed by atoms with Gasteiger partial charge in [0.25, 0.3) is 0 Å². The van der Waals surface area contributed by atoms with Crippen LogP contribution in [0.25, 0.3) is 10.9 Å². The number of H-pyrrole nitrogens is 2. The number of nitrogens with one attached hydrogen (secondary N) is 3. The summed E-state index contributed by atoms with van der Waals surface area (Å²) >= 11 is 3.61. The Kier molecular flexibility index (Phi) is 3.52. The Labute approximate surface area is 149 Å². The van der Waals surface area contributed by atoms with Crippen LogP contribution in [0.1, 0.15) is 47.9 Å². The first-order valence-electron chi connectivity index (χ1n) is 8.85. The van der Waals surface area contributed by atoms with Crippen molar-refractivity contribution in [3.63, 3.8) is 0 Å². The highest BCUT2D eigenvalue weighted by Gasteiger charge is 2.28. The third-order valence-electron chi connectivity index (χ3n) is 5.59. The summed E-state index contributed by atoms with van der Waals surface area (Å²) in [6, 6.07) is 7.53. The predicted molar refractivity (Wildman–Crippen MR) is 99.2 cm³/mol. The van der Waals surface area contributed by atoms with E-state index < -0.39 is 0 Å². The van der Waals surface area contributed by atoms with Crippen molar-refractivity contribution in [3.05, 3.63) is 51.6 Å². The van der Waals surface area contributed by atoms with E-state index in [0.717, 1.165) is 17.3 Å². The second-order valence-electron chi connectivity index (χ2n) is 7.09. The van der Waals surface area contributed by atoms with Gasteiger partial charge in [0.15, 0.2) is 0 Å². The molecule has 5 rings (SSSR count). The number of aromatic nitrogens is 3. The molecule has 0 bridgehead atoms. The van der Waals surface area contributed by atoms with Gasteiger partial charge in [0.05, 0.1) is 12.0 Å². The first-order valence-corrected chi connectivity index (χ1v) is 9.64. The van der Waals surface area contributed by atoms with Crippen molar-refractivity contribution in [2.45, 2.75) is 50.6 Å². The highest BCUT2D eigenvalue weighted by molar-refractivity contribution is 9.10. The highest BCUT2D eigenvalue weighted by atomic mass is 79.9. The van der Waals surface area contributed by atoms with E-state index in [4.69, 9.17) is 0 Å². The quantitative estimate of drug-likeness (QED) is 0.620. The molecule has 2 unspecified atom stereocenters. The van der Waals surface area contributed by atoms with E-state index in [1.54, 1.807) is 0 Å². The van der Waals surface area contributed by atoms with Crippen LogP contribution < -0.4 is 5.32 Å². The van der Waals surface area contributed by atoms with Crippen molar-refractivity contribution in [2.24, 2.45) is 0 Å². The standard InChI is InChI=1S/C19H21BrN4/c20-11-4-6-15-14(8-11)13-2-1-3-17(19(13)24-15)23-12-5-7-16-18(9-12)22-10-21-16/h4,6,8,10,12,17,23-24H,1-3,5,7,9H2,(H,21,22). The van der Waals surface area contributed by atoms with Crippen LogP contribution in [0.4, 0.5) is 0 Å². The molecule has 2 heterocycles. The van der Waals surface area contributed by atoms with Gasteiger partial charge in [0, 0.05) is 45.3 Å². The molecule has 4 nitrogen and oxygen atoms in total. The lowest BCUT2D eigenvalue weighted by molar-refractivity contribution is 0.361. The number of rotatable bonds is 2. The van der Waals surface area contributed by atoms with Crippen LogP contribution in [-0.4, -0.2) is 21.0 Å². The SMILES string of the molecule is Brc1ccc2[nH]c3c(c2c1)CCCC3NC1CCc2nc[nH]c2C1. The number of hydrogen-bond donors (Lipinski definition) is 3. The lowest BCUT2D eigenvalue weighted by Gasteiger charge is -2.30. The fourth-order valence-corrected chi connectivity index (χ4v) is 4.79. The van der Waals surface area contributed by atoms with Gasteiger partial charge in [0.2, 0.25) is 0 Å². The first-order chi connectivity index (χ1) is 11.8. The summed E-state index contributed by atoms with van der Waals surface area (Å²) in [5.74, 6) is 0. The maximum Gasteiger partial charge on any atom is 0.0925 e. The number of fused-ring (bicyclic) bond motifs is 4. The van der Waals surface area contributed by atoms with E-state index in [2.05, 4.69) is 54.4 Å². The molecule has 24 heavy (non-hydrogen) atoms. The molecule has 3 aromatic rings. The topological polar surface area (TPSA) is 56.5 Å². The molecular formula is C19H21BrN4. The van der Waals surface area contributed by atoms with Crippen LogP contribution in [0, 0.1) is 0 Å². The third kappa shape index (κ3) is 2.42. The molecule has 5 heteroatoms. The number of aromatic amines is 2. The smallest absolute Gasteiger partial charge is 0.0925 e. The molecule has 0 fully saturated rings. The lowest BCUT2D eigenvalue weighted by atomic mass is 9.89. The van der Waals surface area contributed by atoms with Crippen LogP contribution in [0.2, 0.25) is 0 Å². The zero-order valence-corrected chi connectivity index (χ0v) is 15.1. The molecule has 0 radical (unpaired) electrons. The van der Waals surface area contributed by atoms with Crippen LogP contribution >= 0.6 is 15.9 Å². The number of aryl methyl sites for hydroxylation is 2. The van der Waals surface area contributed by atoms with Gasteiger partial charge in [0.1, 0.15) is 0 Å². The summed E-state index contributed by atoms with van der Waals surface area (Å²) in [5.41, 5.74) is 6.75. The molecule has 2 aromatic heterocycles. The second-order valence-corrected chi connectivity index (χ2v) is 8.00. The molecule has 0 amide bonds. The number of hydrogen-bond acceptors (Lipinski definition) is 2. The predicted octanol–water partition coefficient (Wildman–Crippen LogP) is 4.18. The van der Waals surface area contributed by atoms with Crippen molar-refractivity contribution < 1.29 is 0 Å². The van der Waals surface area contributed by atoms with E-state index >= 15 is 0 Å².